The third kappa shape index (κ3) is 3.81. The van der Waals surface area contributed by atoms with Crippen molar-refractivity contribution in [2.45, 2.75) is 6.54 Å². The summed E-state index contributed by atoms with van der Waals surface area (Å²) in [5, 5.41) is 9.64. The number of amides is 1. The lowest BCUT2D eigenvalue weighted by atomic mass is 10.1. The number of carbonyl (C=O) groups is 1. The topological polar surface area (TPSA) is 57.0 Å². The van der Waals surface area contributed by atoms with E-state index in [1.54, 1.807) is 29.2 Å². The summed E-state index contributed by atoms with van der Waals surface area (Å²) >= 11 is 4.96. The van der Waals surface area contributed by atoms with Gasteiger partial charge in [-0.05, 0) is 48.0 Å². The zero-order valence-corrected chi connectivity index (χ0v) is 17.1. The number of hydrogen-bond acceptors (Lipinski definition) is 4. The highest BCUT2D eigenvalue weighted by Gasteiger charge is 2.22. The van der Waals surface area contributed by atoms with Crippen molar-refractivity contribution in [2.75, 3.05) is 4.90 Å². The van der Waals surface area contributed by atoms with Crippen molar-refractivity contribution < 1.29 is 4.79 Å². The van der Waals surface area contributed by atoms with Crippen molar-refractivity contribution in [3.63, 3.8) is 0 Å². The normalized spacial score (nSPS) is 10.6. The second-order valence-electron chi connectivity index (χ2n) is 6.17. The molecule has 0 spiro atoms. The quantitative estimate of drug-likeness (QED) is 0.398. The number of rotatable bonds is 4. The maximum absolute atomic E-state index is 13.3. The van der Waals surface area contributed by atoms with Crippen LogP contribution in [0.4, 0.5) is 5.13 Å². The summed E-state index contributed by atoms with van der Waals surface area (Å²) in [7, 11) is 0. The van der Waals surface area contributed by atoms with Crippen molar-refractivity contribution in [1.29, 1.82) is 5.26 Å². The van der Waals surface area contributed by atoms with Gasteiger partial charge in [0.2, 0.25) is 0 Å². The van der Waals surface area contributed by atoms with Crippen molar-refractivity contribution in [3.05, 3.63) is 94.0 Å². The number of thiazole rings is 1. The Labute approximate surface area is 174 Å². The van der Waals surface area contributed by atoms with Gasteiger partial charge in [-0.15, -0.1) is 0 Å². The average Bonchev–Trinajstić information content (AvgIpc) is 3.15. The minimum absolute atomic E-state index is 0.147. The Bertz CT molecular complexity index is 1180. The predicted octanol–water partition coefficient (Wildman–Crippen LogP) is 5.78. The maximum Gasteiger partial charge on any atom is 0.260 e. The van der Waals surface area contributed by atoms with E-state index in [0.29, 0.717) is 22.8 Å². The SMILES string of the molecule is N#Cc1ccc(C(=O)N(Cc2ccccc2)c2nc3ccc(Br)cc3s2)cc1. The molecule has 1 aromatic heterocycles. The molecular formula is C22H14BrN3OS. The number of halogens is 1. The van der Waals surface area contributed by atoms with E-state index in [1.165, 1.54) is 11.3 Å². The summed E-state index contributed by atoms with van der Waals surface area (Å²) in [6, 6.07) is 24.5. The number of nitriles is 1. The molecule has 3 aromatic carbocycles. The summed E-state index contributed by atoms with van der Waals surface area (Å²) in [4.78, 5) is 19.7. The Hall–Kier alpha value is -3.01. The molecule has 0 aliphatic heterocycles. The summed E-state index contributed by atoms with van der Waals surface area (Å²) in [5.74, 6) is -0.147. The van der Waals surface area contributed by atoms with Crippen LogP contribution in [-0.2, 0) is 6.54 Å². The van der Waals surface area contributed by atoms with Crippen molar-refractivity contribution >= 4 is 48.5 Å². The second kappa shape index (κ2) is 7.93. The molecule has 0 aliphatic carbocycles. The van der Waals surface area contributed by atoms with Gasteiger partial charge in [-0.2, -0.15) is 5.26 Å². The first-order valence-electron chi connectivity index (χ1n) is 8.56. The molecule has 28 heavy (non-hydrogen) atoms. The number of nitrogens with zero attached hydrogens (tertiary/aromatic N) is 3. The monoisotopic (exact) mass is 447 g/mol. The fourth-order valence-electron chi connectivity index (χ4n) is 2.84. The molecule has 0 saturated carbocycles. The lowest BCUT2D eigenvalue weighted by molar-refractivity contribution is 0.0985. The minimum Gasteiger partial charge on any atom is -0.279 e. The van der Waals surface area contributed by atoms with Crippen LogP contribution < -0.4 is 4.90 Å². The molecule has 136 valence electrons. The van der Waals surface area contributed by atoms with E-state index in [0.717, 1.165) is 20.3 Å². The van der Waals surface area contributed by atoms with Gasteiger partial charge >= 0.3 is 0 Å². The predicted molar refractivity (Wildman–Crippen MR) is 115 cm³/mol. The standard InChI is InChI=1S/C22H14BrN3OS/c23-18-10-11-19-20(12-18)28-22(25-19)26(14-16-4-2-1-3-5-16)21(27)17-8-6-15(13-24)7-9-17/h1-12H,14H2. The molecule has 0 radical (unpaired) electrons. The molecule has 0 N–H and O–H groups in total. The van der Waals surface area contributed by atoms with Crippen LogP contribution in [0.15, 0.2) is 77.3 Å². The zero-order chi connectivity index (χ0) is 19.5. The Morgan fingerprint density at radius 3 is 2.54 bits per heavy atom. The van der Waals surface area contributed by atoms with E-state index in [9.17, 15) is 4.79 Å². The molecule has 0 atom stereocenters. The second-order valence-corrected chi connectivity index (χ2v) is 8.10. The van der Waals surface area contributed by atoms with Crippen LogP contribution in [-0.4, -0.2) is 10.9 Å². The Kier molecular flexibility index (Phi) is 5.20. The summed E-state index contributed by atoms with van der Waals surface area (Å²) < 4.78 is 1.98. The summed E-state index contributed by atoms with van der Waals surface area (Å²) in [6.07, 6.45) is 0. The molecule has 0 saturated heterocycles. The molecule has 4 aromatic rings. The van der Waals surface area contributed by atoms with Crippen LogP contribution in [0.5, 0.6) is 0 Å². The van der Waals surface area contributed by atoms with Crippen molar-refractivity contribution in [2.24, 2.45) is 0 Å². The first kappa shape index (κ1) is 18.4. The molecule has 4 rings (SSSR count). The number of carbonyl (C=O) groups excluding carboxylic acids is 1. The Morgan fingerprint density at radius 2 is 1.82 bits per heavy atom. The Balaban J connectivity index is 1.75. The molecule has 0 aliphatic rings. The maximum atomic E-state index is 13.3. The lowest BCUT2D eigenvalue weighted by Gasteiger charge is -2.20. The van der Waals surface area contributed by atoms with Crippen LogP contribution >= 0.6 is 27.3 Å². The fourth-order valence-corrected chi connectivity index (χ4v) is 4.35. The number of hydrogen-bond donors (Lipinski definition) is 0. The molecule has 6 heteroatoms. The van der Waals surface area contributed by atoms with E-state index in [-0.39, 0.29) is 5.91 Å². The van der Waals surface area contributed by atoms with Crippen LogP contribution in [0, 0.1) is 11.3 Å². The van der Waals surface area contributed by atoms with Crippen molar-refractivity contribution in [1.82, 2.24) is 4.98 Å². The van der Waals surface area contributed by atoms with E-state index in [2.05, 4.69) is 27.0 Å². The van der Waals surface area contributed by atoms with Gasteiger partial charge in [0.15, 0.2) is 5.13 Å². The van der Waals surface area contributed by atoms with E-state index >= 15 is 0 Å². The molecule has 0 fully saturated rings. The van der Waals surface area contributed by atoms with E-state index < -0.39 is 0 Å². The van der Waals surface area contributed by atoms with E-state index in [4.69, 9.17) is 5.26 Å². The number of benzene rings is 3. The number of fused-ring (bicyclic) bond motifs is 1. The summed E-state index contributed by atoms with van der Waals surface area (Å²) in [6.45, 7) is 0.417. The first-order valence-corrected chi connectivity index (χ1v) is 10.2. The number of anilines is 1. The average molecular weight is 448 g/mol. The van der Waals surface area contributed by atoms with Crippen LogP contribution in [0.2, 0.25) is 0 Å². The third-order valence-corrected chi connectivity index (χ3v) is 5.79. The molecule has 0 unspecified atom stereocenters. The molecule has 0 bridgehead atoms. The van der Waals surface area contributed by atoms with Gasteiger partial charge in [0, 0.05) is 10.0 Å². The van der Waals surface area contributed by atoms with Gasteiger partial charge in [0.1, 0.15) is 0 Å². The highest BCUT2D eigenvalue weighted by molar-refractivity contribution is 9.10. The van der Waals surface area contributed by atoms with Gasteiger partial charge in [0.05, 0.1) is 28.4 Å². The first-order chi connectivity index (χ1) is 13.6. The van der Waals surface area contributed by atoms with Gasteiger partial charge in [-0.25, -0.2) is 4.98 Å². The smallest absolute Gasteiger partial charge is 0.260 e. The van der Waals surface area contributed by atoms with Gasteiger partial charge in [-0.3, -0.25) is 9.69 Å². The highest BCUT2D eigenvalue weighted by atomic mass is 79.9. The fraction of sp³-hybridized carbons (Fsp3) is 0.0455. The van der Waals surface area contributed by atoms with Gasteiger partial charge in [0.25, 0.3) is 5.91 Å². The lowest BCUT2D eigenvalue weighted by Crippen LogP contribution is -2.30. The minimum atomic E-state index is -0.147. The Morgan fingerprint density at radius 1 is 1.07 bits per heavy atom. The van der Waals surface area contributed by atoms with Crippen molar-refractivity contribution in [3.8, 4) is 6.07 Å². The van der Waals surface area contributed by atoms with Crippen LogP contribution in [0.25, 0.3) is 10.2 Å². The van der Waals surface area contributed by atoms with Crippen LogP contribution in [0.3, 0.4) is 0 Å². The van der Waals surface area contributed by atoms with Crippen LogP contribution in [0.1, 0.15) is 21.5 Å². The zero-order valence-electron chi connectivity index (χ0n) is 14.7. The van der Waals surface area contributed by atoms with Gasteiger partial charge in [-0.1, -0.05) is 57.6 Å². The molecule has 1 amide bonds. The summed E-state index contributed by atoms with van der Waals surface area (Å²) in [5.41, 5.74) is 2.92. The molecule has 1 heterocycles. The largest absolute Gasteiger partial charge is 0.279 e. The molecular weight excluding hydrogens is 434 g/mol. The number of aromatic nitrogens is 1. The highest BCUT2D eigenvalue weighted by Crippen LogP contribution is 2.32. The van der Waals surface area contributed by atoms with E-state index in [1.807, 2.05) is 48.5 Å². The van der Waals surface area contributed by atoms with Gasteiger partial charge < -0.3 is 0 Å². The third-order valence-electron chi connectivity index (χ3n) is 4.26. The molecule has 4 nitrogen and oxygen atoms in total.